The molecule has 0 atom stereocenters. The normalized spacial score (nSPS) is 11.2. The van der Waals surface area contributed by atoms with Crippen molar-refractivity contribution in [3.63, 3.8) is 0 Å². The molecule has 0 aromatic rings. The molecule has 0 bridgehead atoms. The van der Waals surface area contributed by atoms with E-state index < -0.39 is 17.7 Å². The molecule has 0 amide bonds. The topological polar surface area (TPSA) is 122 Å². The molecular weight excluding hydrogens is 612 g/mol. The fourth-order valence-corrected chi connectivity index (χ4v) is 4.80. The maximum absolute atomic E-state index is 12.0. The monoisotopic (exact) mass is 678 g/mol. The molecule has 0 radical (unpaired) electrons. The number of allylic oxidation sites excluding steroid dienone is 2. The summed E-state index contributed by atoms with van der Waals surface area (Å²) in [5.74, 6) is -2.51. The molecule has 0 aromatic heterocycles. The highest BCUT2D eigenvalue weighted by atomic mass is 16.5. The number of hydrogen-bond donors (Lipinski definition) is 0. The molecule has 0 fully saturated rings. The van der Waals surface area contributed by atoms with Gasteiger partial charge >= 0.3 is 23.9 Å². The van der Waals surface area contributed by atoms with Crippen molar-refractivity contribution < 1.29 is 42.9 Å². The third kappa shape index (κ3) is 33.0. The van der Waals surface area contributed by atoms with Crippen LogP contribution in [0.2, 0.25) is 0 Å². The Labute approximate surface area is 290 Å². The molecule has 0 N–H and O–H groups in total. The van der Waals surface area contributed by atoms with Crippen molar-refractivity contribution in [2.24, 2.45) is 0 Å². The van der Waals surface area contributed by atoms with Crippen molar-refractivity contribution in [3.05, 3.63) is 24.3 Å². The lowest BCUT2D eigenvalue weighted by Gasteiger charge is -2.06. The third-order valence-corrected chi connectivity index (χ3v) is 7.79. The SMILES string of the molecule is CCCCCC/C=C\COC(=O)CCCCCCCOC(=O)CCC(=O)C(=O)OCCCCCCCC(=O)OC/C=C\CCCCCC. The number of hydrogen-bond acceptors (Lipinski definition) is 9. The van der Waals surface area contributed by atoms with Gasteiger partial charge in [0.2, 0.25) is 5.78 Å². The van der Waals surface area contributed by atoms with E-state index in [0.717, 1.165) is 64.2 Å². The summed E-state index contributed by atoms with van der Waals surface area (Å²) in [5, 5.41) is 0. The number of ether oxygens (including phenoxy) is 4. The molecule has 0 saturated heterocycles. The smallest absolute Gasteiger partial charge is 0.374 e. The van der Waals surface area contributed by atoms with Crippen molar-refractivity contribution in [2.75, 3.05) is 26.4 Å². The van der Waals surface area contributed by atoms with Crippen LogP contribution in [0.15, 0.2) is 24.3 Å². The number of carbonyl (C=O) groups is 5. The lowest BCUT2D eigenvalue weighted by atomic mass is 10.1. The maximum atomic E-state index is 12.0. The first-order valence-corrected chi connectivity index (χ1v) is 18.9. The van der Waals surface area contributed by atoms with Crippen LogP contribution in [-0.2, 0) is 42.9 Å². The van der Waals surface area contributed by atoms with Gasteiger partial charge in [-0.1, -0.05) is 115 Å². The van der Waals surface area contributed by atoms with Crippen LogP contribution in [0, 0.1) is 0 Å². The molecule has 0 spiro atoms. The molecular formula is C39H66O9. The quantitative estimate of drug-likeness (QED) is 0.0215. The number of Topliss-reactive ketones (excluding diaryl/α,β-unsaturated/α-hetero) is 1. The van der Waals surface area contributed by atoms with Gasteiger partial charge in [-0.25, -0.2) is 4.79 Å². The van der Waals surface area contributed by atoms with E-state index in [1.165, 1.54) is 51.4 Å². The average molecular weight is 679 g/mol. The second-order valence-electron chi connectivity index (χ2n) is 12.3. The molecule has 0 heterocycles. The summed E-state index contributed by atoms with van der Waals surface area (Å²) in [6.45, 7) is 5.47. The summed E-state index contributed by atoms with van der Waals surface area (Å²) in [7, 11) is 0. The fourth-order valence-electron chi connectivity index (χ4n) is 4.80. The predicted octanol–water partition coefficient (Wildman–Crippen LogP) is 9.24. The van der Waals surface area contributed by atoms with E-state index in [1.807, 2.05) is 12.2 Å². The molecule has 0 aliphatic rings. The number of unbranched alkanes of at least 4 members (excludes halogenated alkanes) is 16. The van der Waals surface area contributed by atoms with E-state index in [2.05, 4.69) is 26.0 Å². The molecule has 48 heavy (non-hydrogen) atoms. The van der Waals surface area contributed by atoms with E-state index in [1.54, 1.807) is 0 Å². The highest BCUT2D eigenvalue weighted by Crippen LogP contribution is 2.09. The highest BCUT2D eigenvalue weighted by molar-refractivity contribution is 6.33. The summed E-state index contributed by atoms with van der Waals surface area (Å²) < 4.78 is 20.6. The Hall–Kier alpha value is -2.97. The van der Waals surface area contributed by atoms with E-state index in [4.69, 9.17) is 18.9 Å². The first kappa shape index (κ1) is 45.0. The minimum absolute atomic E-state index is 0.151. The van der Waals surface area contributed by atoms with Crippen molar-refractivity contribution in [3.8, 4) is 0 Å². The minimum Gasteiger partial charge on any atom is -0.466 e. The average Bonchev–Trinajstić information content (AvgIpc) is 3.08. The standard InChI is InChI=1S/C39H66O9/c1-3-5-7-9-11-17-23-31-45-36(41)27-21-15-13-19-25-33-47-38(43)30-29-35(40)39(44)48-34-26-20-14-16-22-28-37(42)46-32-24-18-12-10-8-6-4-2/h17-18,23-24H,3-16,19-22,25-34H2,1-2H3/b23-17-,24-18-. The van der Waals surface area contributed by atoms with Crippen LogP contribution in [0.25, 0.3) is 0 Å². The van der Waals surface area contributed by atoms with Gasteiger partial charge in [-0.15, -0.1) is 0 Å². The van der Waals surface area contributed by atoms with E-state index >= 15 is 0 Å². The fraction of sp³-hybridized carbons (Fsp3) is 0.769. The molecule has 9 heteroatoms. The van der Waals surface area contributed by atoms with E-state index in [-0.39, 0.29) is 38.0 Å². The first-order valence-electron chi connectivity index (χ1n) is 18.9. The number of ketones is 1. The van der Waals surface area contributed by atoms with Gasteiger partial charge < -0.3 is 18.9 Å². The third-order valence-electron chi connectivity index (χ3n) is 7.79. The van der Waals surface area contributed by atoms with Crippen LogP contribution in [0.1, 0.15) is 168 Å². The van der Waals surface area contributed by atoms with Crippen molar-refractivity contribution in [1.29, 1.82) is 0 Å². The summed E-state index contributed by atoms with van der Waals surface area (Å²) in [5.41, 5.74) is 0. The lowest BCUT2D eigenvalue weighted by Crippen LogP contribution is -2.19. The van der Waals surface area contributed by atoms with Crippen LogP contribution < -0.4 is 0 Å². The van der Waals surface area contributed by atoms with Crippen molar-refractivity contribution in [2.45, 2.75) is 168 Å². The Morgan fingerprint density at radius 2 is 0.812 bits per heavy atom. The van der Waals surface area contributed by atoms with E-state index in [0.29, 0.717) is 38.9 Å². The molecule has 9 nitrogen and oxygen atoms in total. The number of esters is 4. The van der Waals surface area contributed by atoms with Gasteiger partial charge in [0.1, 0.15) is 13.2 Å². The zero-order valence-electron chi connectivity index (χ0n) is 30.3. The Bertz CT molecular complexity index is 894. The summed E-state index contributed by atoms with van der Waals surface area (Å²) in [4.78, 5) is 59.3. The molecule has 0 saturated carbocycles. The Morgan fingerprint density at radius 3 is 1.31 bits per heavy atom. The van der Waals surface area contributed by atoms with Gasteiger partial charge in [0.05, 0.1) is 19.6 Å². The summed E-state index contributed by atoms with van der Waals surface area (Å²) >= 11 is 0. The van der Waals surface area contributed by atoms with Gasteiger partial charge in [-0.05, 0) is 51.4 Å². The second kappa shape index (κ2) is 35.3. The van der Waals surface area contributed by atoms with Crippen molar-refractivity contribution in [1.82, 2.24) is 0 Å². The Balaban J connectivity index is 3.57. The maximum Gasteiger partial charge on any atom is 0.374 e. The van der Waals surface area contributed by atoms with Gasteiger partial charge in [-0.3, -0.25) is 19.2 Å². The van der Waals surface area contributed by atoms with Crippen molar-refractivity contribution >= 4 is 29.7 Å². The van der Waals surface area contributed by atoms with E-state index in [9.17, 15) is 24.0 Å². The van der Waals surface area contributed by atoms with Gasteiger partial charge in [-0.2, -0.15) is 0 Å². The molecule has 0 aromatic carbocycles. The van der Waals surface area contributed by atoms with Crippen LogP contribution in [0.5, 0.6) is 0 Å². The number of carbonyl (C=O) groups excluding carboxylic acids is 5. The first-order chi connectivity index (χ1) is 23.4. The Kier molecular flexibility index (Phi) is 33.2. The highest BCUT2D eigenvalue weighted by Gasteiger charge is 2.17. The zero-order valence-corrected chi connectivity index (χ0v) is 30.3. The minimum atomic E-state index is -0.918. The second-order valence-corrected chi connectivity index (χ2v) is 12.3. The molecule has 0 aliphatic carbocycles. The van der Waals surface area contributed by atoms with Crippen LogP contribution in [0.4, 0.5) is 0 Å². The van der Waals surface area contributed by atoms with Crippen LogP contribution in [-0.4, -0.2) is 56.1 Å². The lowest BCUT2D eigenvalue weighted by molar-refractivity contribution is -0.155. The van der Waals surface area contributed by atoms with Crippen LogP contribution in [0.3, 0.4) is 0 Å². The Morgan fingerprint density at radius 1 is 0.396 bits per heavy atom. The molecule has 0 aliphatic heterocycles. The van der Waals surface area contributed by atoms with Gasteiger partial charge in [0, 0.05) is 19.3 Å². The van der Waals surface area contributed by atoms with Gasteiger partial charge in [0.15, 0.2) is 0 Å². The van der Waals surface area contributed by atoms with Gasteiger partial charge in [0.25, 0.3) is 0 Å². The molecule has 0 rings (SSSR count). The predicted molar refractivity (Wildman–Crippen MR) is 189 cm³/mol. The largest absolute Gasteiger partial charge is 0.466 e. The summed E-state index contributed by atoms with van der Waals surface area (Å²) in [6.07, 6.45) is 28.4. The zero-order chi connectivity index (χ0) is 35.3. The van der Waals surface area contributed by atoms with Crippen LogP contribution >= 0.6 is 0 Å². The molecule has 0 unspecified atom stereocenters. The summed E-state index contributed by atoms with van der Waals surface area (Å²) in [6, 6.07) is 0. The molecule has 276 valence electrons. The number of rotatable bonds is 34.